The van der Waals surface area contributed by atoms with Gasteiger partial charge in [0, 0.05) is 31.2 Å². The number of carbonyl (C=O) groups is 2. The number of pyridine rings is 1. The summed E-state index contributed by atoms with van der Waals surface area (Å²) in [5, 5.41) is 3.30. The minimum Gasteiger partial charge on any atom is -0.497 e. The highest BCUT2D eigenvalue weighted by Gasteiger charge is 2.43. The second kappa shape index (κ2) is 10.9. The second-order valence-electron chi connectivity index (χ2n) is 7.99. The van der Waals surface area contributed by atoms with Crippen molar-refractivity contribution in [3.05, 3.63) is 90.3 Å². The maximum absolute atomic E-state index is 13.4. The summed E-state index contributed by atoms with van der Waals surface area (Å²) in [5.41, 5.74) is 2.68. The zero-order valence-corrected chi connectivity index (χ0v) is 19.7. The van der Waals surface area contributed by atoms with E-state index in [2.05, 4.69) is 10.3 Å². The quantitative estimate of drug-likeness (QED) is 0.477. The van der Waals surface area contributed by atoms with Gasteiger partial charge in [-0.2, -0.15) is 0 Å². The van der Waals surface area contributed by atoms with E-state index in [0.717, 1.165) is 11.1 Å². The van der Waals surface area contributed by atoms with Crippen LogP contribution in [0.4, 0.5) is 5.69 Å². The van der Waals surface area contributed by atoms with E-state index >= 15 is 0 Å². The summed E-state index contributed by atoms with van der Waals surface area (Å²) < 4.78 is 5.16. The van der Waals surface area contributed by atoms with E-state index in [-0.39, 0.29) is 18.2 Å². The number of anilines is 1. The summed E-state index contributed by atoms with van der Waals surface area (Å²) in [5.74, 6) is 0.285. The Bertz CT molecular complexity index is 1140. The van der Waals surface area contributed by atoms with Crippen LogP contribution in [-0.4, -0.2) is 51.4 Å². The van der Waals surface area contributed by atoms with Crippen molar-refractivity contribution < 1.29 is 14.3 Å². The zero-order chi connectivity index (χ0) is 23.9. The Morgan fingerprint density at radius 1 is 1.06 bits per heavy atom. The lowest BCUT2D eigenvalue weighted by Gasteiger charge is -2.24. The molecule has 3 aromatic rings. The number of nitrogens with zero attached hydrogens (tertiary/aromatic N) is 3. The largest absolute Gasteiger partial charge is 0.497 e. The topological polar surface area (TPSA) is 74.8 Å². The van der Waals surface area contributed by atoms with Gasteiger partial charge in [0.1, 0.15) is 11.8 Å². The molecule has 1 N–H and O–H groups in total. The monoisotopic (exact) mass is 474 g/mol. The van der Waals surface area contributed by atoms with Crippen LogP contribution in [0.15, 0.2) is 79.1 Å². The number of rotatable bonds is 9. The molecular formula is C26H26N4O3S. The predicted octanol–water partition coefficient (Wildman–Crippen LogP) is 3.66. The SMILES string of the molecule is COc1ccc(NC(=O)CC2C(=O)N(CCc3ccccc3)C(=S)N2Cc2cccnc2)cc1. The highest BCUT2D eigenvalue weighted by molar-refractivity contribution is 7.80. The Kier molecular flexibility index (Phi) is 7.49. The van der Waals surface area contributed by atoms with Gasteiger partial charge in [0.2, 0.25) is 5.91 Å². The summed E-state index contributed by atoms with van der Waals surface area (Å²) >= 11 is 5.71. The van der Waals surface area contributed by atoms with E-state index in [4.69, 9.17) is 17.0 Å². The Balaban J connectivity index is 1.49. The molecule has 1 saturated heterocycles. The Labute approximate surface area is 204 Å². The van der Waals surface area contributed by atoms with Crippen LogP contribution in [0, 0.1) is 0 Å². The molecule has 1 fully saturated rings. The van der Waals surface area contributed by atoms with Crippen molar-refractivity contribution in [1.82, 2.24) is 14.8 Å². The third-order valence-electron chi connectivity index (χ3n) is 5.70. The first-order chi connectivity index (χ1) is 16.5. The van der Waals surface area contributed by atoms with Gasteiger partial charge < -0.3 is 15.0 Å². The first kappa shape index (κ1) is 23.4. The van der Waals surface area contributed by atoms with Crippen LogP contribution in [0.3, 0.4) is 0 Å². The highest BCUT2D eigenvalue weighted by atomic mass is 32.1. The van der Waals surface area contributed by atoms with Crippen LogP contribution in [0.1, 0.15) is 17.5 Å². The maximum Gasteiger partial charge on any atom is 0.252 e. The molecule has 1 unspecified atom stereocenters. The van der Waals surface area contributed by atoms with Gasteiger partial charge in [0.25, 0.3) is 5.91 Å². The fourth-order valence-electron chi connectivity index (χ4n) is 3.91. The van der Waals surface area contributed by atoms with Crippen molar-refractivity contribution in [3.8, 4) is 5.75 Å². The van der Waals surface area contributed by atoms with Crippen molar-refractivity contribution >= 4 is 34.8 Å². The molecule has 174 valence electrons. The average Bonchev–Trinajstić information content (AvgIpc) is 3.08. The number of aromatic nitrogens is 1. The number of ether oxygens (including phenoxy) is 1. The van der Waals surface area contributed by atoms with E-state index in [9.17, 15) is 9.59 Å². The van der Waals surface area contributed by atoms with Gasteiger partial charge in [-0.15, -0.1) is 0 Å². The molecular weight excluding hydrogens is 448 g/mol. The first-order valence-electron chi connectivity index (χ1n) is 11.0. The Morgan fingerprint density at radius 2 is 1.79 bits per heavy atom. The van der Waals surface area contributed by atoms with Crippen LogP contribution in [0.2, 0.25) is 0 Å². The van der Waals surface area contributed by atoms with Crippen LogP contribution in [0.25, 0.3) is 0 Å². The number of amides is 2. The van der Waals surface area contributed by atoms with Crippen LogP contribution < -0.4 is 10.1 Å². The van der Waals surface area contributed by atoms with E-state index in [1.165, 1.54) is 0 Å². The van der Waals surface area contributed by atoms with Gasteiger partial charge in [-0.1, -0.05) is 36.4 Å². The normalized spacial score (nSPS) is 15.5. The van der Waals surface area contributed by atoms with Crippen molar-refractivity contribution in [1.29, 1.82) is 0 Å². The lowest BCUT2D eigenvalue weighted by molar-refractivity contribution is -0.130. The van der Waals surface area contributed by atoms with Gasteiger partial charge in [0.15, 0.2) is 5.11 Å². The molecule has 1 aliphatic heterocycles. The van der Waals surface area contributed by atoms with Crippen molar-refractivity contribution in [3.63, 3.8) is 0 Å². The van der Waals surface area contributed by atoms with Gasteiger partial charge in [-0.25, -0.2) is 0 Å². The standard InChI is InChI=1S/C26H26N4O3S/c1-33-22-11-9-21(10-12-22)28-24(31)16-23-25(32)29(15-13-19-6-3-2-4-7-19)26(34)30(23)18-20-8-5-14-27-17-20/h2-12,14,17,23H,13,15-16,18H2,1H3,(H,28,31). The molecule has 1 aliphatic rings. The number of nitrogens with one attached hydrogen (secondary N) is 1. The number of carbonyl (C=O) groups excluding carboxylic acids is 2. The Hall–Kier alpha value is -3.78. The van der Waals surface area contributed by atoms with Gasteiger partial charge in [0.05, 0.1) is 13.5 Å². The van der Waals surface area contributed by atoms with E-state index in [0.29, 0.717) is 36.1 Å². The molecule has 8 heteroatoms. The minimum absolute atomic E-state index is 0.00684. The molecule has 2 amide bonds. The summed E-state index contributed by atoms with van der Waals surface area (Å²) in [6.45, 7) is 0.864. The smallest absolute Gasteiger partial charge is 0.252 e. The summed E-state index contributed by atoms with van der Waals surface area (Å²) in [7, 11) is 1.59. The van der Waals surface area contributed by atoms with Crippen molar-refractivity contribution in [2.24, 2.45) is 0 Å². The molecule has 2 aromatic carbocycles. The van der Waals surface area contributed by atoms with Crippen molar-refractivity contribution in [2.75, 3.05) is 19.0 Å². The molecule has 0 bridgehead atoms. The number of benzene rings is 2. The number of thiocarbonyl (C=S) groups is 1. The van der Waals surface area contributed by atoms with Crippen LogP contribution in [0.5, 0.6) is 5.75 Å². The number of hydrogen-bond donors (Lipinski definition) is 1. The van der Waals surface area contributed by atoms with Crippen molar-refractivity contribution in [2.45, 2.75) is 25.4 Å². The van der Waals surface area contributed by atoms with E-state index in [1.54, 1.807) is 48.7 Å². The van der Waals surface area contributed by atoms with E-state index in [1.807, 2.05) is 47.4 Å². The van der Waals surface area contributed by atoms with Crippen LogP contribution >= 0.6 is 12.2 Å². The molecule has 2 heterocycles. The minimum atomic E-state index is -0.679. The van der Waals surface area contributed by atoms with E-state index < -0.39 is 6.04 Å². The third kappa shape index (κ3) is 5.58. The predicted molar refractivity (Wildman–Crippen MR) is 134 cm³/mol. The first-order valence-corrected chi connectivity index (χ1v) is 11.4. The second-order valence-corrected chi connectivity index (χ2v) is 8.36. The molecule has 1 aromatic heterocycles. The fourth-order valence-corrected chi connectivity index (χ4v) is 4.29. The fraction of sp³-hybridized carbons (Fsp3) is 0.231. The Morgan fingerprint density at radius 3 is 2.47 bits per heavy atom. The van der Waals surface area contributed by atoms with Gasteiger partial charge in [-0.3, -0.25) is 19.5 Å². The lowest BCUT2D eigenvalue weighted by Crippen LogP contribution is -2.37. The van der Waals surface area contributed by atoms with Gasteiger partial charge >= 0.3 is 0 Å². The molecule has 0 radical (unpaired) electrons. The van der Waals surface area contributed by atoms with Crippen LogP contribution in [-0.2, 0) is 22.6 Å². The number of methoxy groups -OCH3 is 1. The molecule has 0 aliphatic carbocycles. The zero-order valence-electron chi connectivity index (χ0n) is 18.9. The number of hydrogen-bond acceptors (Lipinski definition) is 5. The third-order valence-corrected chi connectivity index (χ3v) is 6.15. The molecule has 34 heavy (non-hydrogen) atoms. The molecule has 4 rings (SSSR count). The maximum atomic E-state index is 13.4. The summed E-state index contributed by atoms with van der Waals surface area (Å²) in [6, 6.07) is 20.1. The molecule has 0 saturated carbocycles. The van der Waals surface area contributed by atoms with Gasteiger partial charge in [-0.05, 0) is 60.1 Å². The highest BCUT2D eigenvalue weighted by Crippen LogP contribution is 2.24. The average molecular weight is 475 g/mol. The lowest BCUT2D eigenvalue weighted by atomic mass is 10.1. The summed E-state index contributed by atoms with van der Waals surface area (Å²) in [6.07, 6.45) is 4.11. The molecule has 7 nitrogen and oxygen atoms in total. The molecule has 1 atom stereocenters. The molecule has 0 spiro atoms. The summed E-state index contributed by atoms with van der Waals surface area (Å²) in [4.78, 5) is 33.9.